The summed E-state index contributed by atoms with van der Waals surface area (Å²) in [5, 5.41) is 3.19. The third kappa shape index (κ3) is 7.24. The molecule has 0 bridgehead atoms. The molecule has 21 heavy (non-hydrogen) atoms. The lowest BCUT2D eigenvalue weighted by Crippen LogP contribution is -2.39. The Morgan fingerprint density at radius 1 is 1.29 bits per heavy atom. The third-order valence-corrected chi connectivity index (χ3v) is 3.41. The van der Waals surface area contributed by atoms with Crippen molar-refractivity contribution >= 4 is 27.7 Å². The maximum Gasteiger partial charge on any atom is 0.237 e. The molecule has 0 fully saturated rings. The van der Waals surface area contributed by atoms with Gasteiger partial charge in [0.1, 0.15) is 0 Å². The Hall–Kier alpha value is -1.40. The van der Waals surface area contributed by atoms with Gasteiger partial charge in [0.2, 0.25) is 11.8 Å². The molecule has 3 N–H and O–H groups in total. The molecular formula is C15H22BrN3O2. The van der Waals surface area contributed by atoms with Crippen molar-refractivity contribution < 1.29 is 9.59 Å². The molecule has 0 radical (unpaired) electrons. The second-order valence-electron chi connectivity index (χ2n) is 5.20. The maximum absolute atomic E-state index is 12.2. The van der Waals surface area contributed by atoms with E-state index in [1.54, 1.807) is 0 Å². The molecule has 0 spiro atoms. The Balaban J connectivity index is 2.63. The molecule has 2 amide bonds. The minimum absolute atomic E-state index is 0.0590. The molecule has 6 heteroatoms. The molecule has 0 atom stereocenters. The molecule has 0 heterocycles. The van der Waals surface area contributed by atoms with E-state index < -0.39 is 5.91 Å². The zero-order chi connectivity index (χ0) is 15.8. The van der Waals surface area contributed by atoms with E-state index in [1.807, 2.05) is 38.1 Å². The predicted molar refractivity (Wildman–Crippen MR) is 86.5 cm³/mol. The molecule has 5 nitrogen and oxygen atoms in total. The standard InChI is InChI=1S/C15H22BrN3O2/c1-11(2)18-8-7-15(21)19(10-14(17)20)9-12-3-5-13(16)6-4-12/h3-6,11,18H,7-10H2,1-2H3,(H2,17,20). The predicted octanol–water partition coefficient (Wildman–Crippen LogP) is 1.65. The minimum Gasteiger partial charge on any atom is -0.368 e. The molecule has 1 aromatic carbocycles. The van der Waals surface area contributed by atoms with Crippen molar-refractivity contribution in [1.29, 1.82) is 0 Å². The number of carbonyl (C=O) groups excluding carboxylic acids is 2. The van der Waals surface area contributed by atoms with E-state index in [1.165, 1.54) is 4.90 Å². The van der Waals surface area contributed by atoms with Crippen molar-refractivity contribution in [3.05, 3.63) is 34.3 Å². The summed E-state index contributed by atoms with van der Waals surface area (Å²) >= 11 is 3.37. The van der Waals surface area contributed by atoms with Crippen molar-refractivity contribution in [3.63, 3.8) is 0 Å². The van der Waals surface area contributed by atoms with E-state index in [9.17, 15) is 9.59 Å². The summed E-state index contributed by atoms with van der Waals surface area (Å²) in [6.45, 7) is 4.96. The number of nitrogens with zero attached hydrogens (tertiary/aromatic N) is 1. The largest absolute Gasteiger partial charge is 0.368 e. The van der Waals surface area contributed by atoms with Gasteiger partial charge in [0.15, 0.2) is 0 Å². The molecule has 0 saturated heterocycles. The zero-order valence-corrected chi connectivity index (χ0v) is 14.0. The van der Waals surface area contributed by atoms with E-state index in [-0.39, 0.29) is 12.5 Å². The van der Waals surface area contributed by atoms with E-state index in [2.05, 4.69) is 21.2 Å². The molecule has 0 aromatic heterocycles. The Kier molecular flexibility index (Phi) is 7.39. The lowest BCUT2D eigenvalue weighted by molar-refractivity contribution is -0.135. The second kappa shape index (κ2) is 8.79. The van der Waals surface area contributed by atoms with Crippen molar-refractivity contribution in [3.8, 4) is 0 Å². The smallest absolute Gasteiger partial charge is 0.237 e. The first-order valence-electron chi connectivity index (χ1n) is 6.92. The quantitative estimate of drug-likeness (QED) is 0.744. The number of primary amides is 1. The number of hydrogen-bond donors (Lipinski definition) is 2. The van der Waals surface area contributed by atoms with Gasteiger partial charge >= 0.3 is 0 Å². The topological polar surface area (TPSA) is 75.4 Å². The highest BCUT2D eigenvalue weighted by Gasteiger charge is 2.16. The van der Waals surface area contributed by atoms with Gasteiger partial charge in [0, 0.05) is 30.0 Å². The monoisotopic (exact) mass is 355 g/mol. The van der Waals surface area contributed by atoms with Crippen molar-refractivity contribution in [2.75, 3.05) is 13.1 Å². The van der Waals surface area contributed by atoms with Crippen LogP contribution in [0.5, 0.6) is 0 Å². The maximum atomic E-state index is 12.2. The molecule has 0 saturated carbocycles. The molecule has 1 aromatic rings. The average Bonchev–Trinajstić information content (AvgIpc) is 2.39. The van der Waals surface area contributed by atoms with Crippen LogP contribution in [0.3, 0.4) is 0 Å². The molecule has 0 aliphatic heterocycles. The fourth-order valence-electron chi connectivity index (χ4n) is 1.86. The third-order valence-electron chi connectivity index (χ3n) is 2.88. The van der Waals surface area contributed by atoms with Crippen LogP contribution in [0.1, 0.15) is 25.8 Å². The van der Waals surface area contributed by atoms with Crippen molar-refractivity contribution in [2.24, 2.45) is 5.73 Å². The SMILES string of the molecule is CC(C)NCCC(=O)N(CC(N)=O)Cc1ccc(Br)cc1. The Morgan fingerprint density at radius 3 is 2.43 bits per heavy atom. The van der Waals surface area contributed by atoms with Gasteiger partial charge in [-0.3, -0.25) is 9.59 Å². The van der Waals surface area contributed by atoms with Crippen molar-refractivity contribution in [2.45, 2.75) is 32.9 Å². The molecule has 1 rings (SSSR count). The van der Waals surface area contributed by atoms with Crippen molar-refractivity contribution in [1.82, 2.24) is 10.2 Å². The van der Waals surface area contributed by atoms with Gasteiger partial charge in [-0.2, -0.15) is 0 Å². The van der Waals surface area contributed by atoms with E-state index in [0.717, 1.165) is 10.0 Å². The Morgan fingerprint density at radius 2 is 1.90 bits per heavy atom. The lowest BCUT2D eigenvalue weighted by atomic mass is 10.2. The Labute approximate surface area is 134 Å². The van der Waals surface area contributed by atoms with Gasteiger partial charge in [0.25, 0.3) is 0 Å². The highest BCUT2D eigenvalue weighted by atomic mass is 79.9. The fraction of sp³-hybridized carbons (Fsp3) is 0.467. The second-order valence-corrected chi connectivity index (χ2v) is 6.12. The summed E-state index contributed by atoms with van der Waals surface area (Å²) in [5.74, 6) is -0.581. The van der Waals surface area contributed by atoms with E-state index in [0.29, 0.717) is 25.6 Å². The Bertz CT molecular complexity index is 474. The number of rotatable bonds is 8. The van der Waals surface area contributed by atoms with Crippen LogP contribution in [-0.4, -0.2) is 35.8 Å². The summed E-state index contributed by atoms with van der Waals surface area (Å²) in [4.78, 5) is 24.8. The number of nitrogens with two attached hydrogens (primary N) is 1. The van der Waals surface area contributed by atoms with E-state index >= 15 is 0 Å². The first kappa shape index (κ1) is 17.7. The molecule has 116 valence electrons. The molecule has 0 aliphatic carbocycles. The first-order chi connectivity index (χ1) is 9.88. The number of nitrogens with one attached hydrogen (secondary N) is 1. The van der Waals surface area contributed by atoms with Crippen LogP contribution < -0.4 is 11.1 Å². The van der Waals surface area contributed by atoms with E-state index in [4.69, 9.17) is 5.73 Å². The molecular weight excluding hydrogens is 334 g/mol. The van der Waals surface area contributed by atoms with Crippen LogP contribution in [-0.2, 0) is 16.1 Å². The van der Waals surface area contributed by atoms with Crippen LogP contribution in [0.15, 0.2) is 28.7 Å². The molecule has 0 aliphatic rings. The minimum atomic E-state index is -0.503. The number of hydrogen-bond acceptors (Lipinski definition) is 3. The summed E-state index contributed by atoms with van der Waals surface area (Å²) in [5.41, 5.74) is 6.19. The zero-order valence-electron chi connectivity index (χ0n) is 12.4. The van der Waals surface area contributed by atoms with Gasteiger partial charge in [-0.1, -0.05) is 41.9 Å². The highest BCUT2D eigenvalue weighted by molar-refractivity contribution is 9.10. The lowest BCUT2D eigenvalue weighted by Gasteiger charge is -2.22. The highest BCUT2D eigenvalue weighted by Crippen LogP contribution is 2.12. The normalized spacial score (nSPS) is 10.7. The number of benzene rings is 1. The van der Waals surface area contributed by atoms with Crippen LogP contribution in [0.4, 0.5) is 0 Å². The average molecular weight is 356 g/mol. The van der Waals surface area contributed by atoms with Crippen LogP contribution in [0, 0.1) is 0 Å². The van der Waals surface area contributed by atoms with Crippen LogP contribution in [0.25, 0.3) is 0 Å². The van der Waals surface area contributed by atoms with Crippen LogP contribution >= 0.6 is 15.9 Å². The number of halogens is 1. The van der Waals surface area contributed by atoms with Gasteiger partial charge in [0.05, 0.1) is 6.54 Å². The van der Waals surface area contributed by atoms with Gasteiger partial charge in [-0.15, -0.1) is 0 Å². The number of carbonyl (C=O) groups is 2. The van der Waals surface area contributed by atoms with Gasteiger partial charge in [-0.25, -0.2) is 0 Å². The summed E-state index contributed by atoms with van der Waals surface area (Å²) in [7, 11) is 0. The molecule has 0 unspecified atom stereocenters. The van der Waals surface area contributed by atoms with Gasteiger partial charge in [-0.05, 0) is 17.7 Å². The number of amides is 2. The van der Waals surface area contributed by atoms with Gasteiger partial charge < -0.3 is 16.0 Å². The fourth-order valence-corrected chi connectivity index (χ4v) is 2.12. The summed E-state index contributed by atoms with van der Waals surface area (Å²) < 4.78 is 0.972. The van der Waals surface area contributed by atoms with Crippen LogP contribution in [0.2, 0.25) is 0 Å². The summed E-state index contributed by atoms with van der Waals surface area (Å²) in [6, 6.07) is 7.97. The first-order valence-corrected chi connectivity index (χ1v) is 7.71. The summed E-state index contributed by atoms with van der Waals surface area (Å²) in [6.07, 6.45) is 0.349.